The summed E-state index contributed by atoms with van der Waals surface area (Å²) in [5, 5.41) is 3.33. The Morgan fingerprint density at radius 2 is 1.94 bits per heavy atom. The van der Waals surface area contributed by atoms with Gasteiger partial charge in [-0.25, -0.2) is 9.97 Å². The van der Waals surface area contributed by atoms with Gasteiger partial charge in [0.25, 0.3) is 0 Å². The summed E-state index contributed by atoms with van der Waals surface area (Å²) in [5.41, 5.74) is 5.21. The van der Waals surface area contributed by atoms with E-state index in [0.717, 1.165) is 57.2 Å². The van der Waals surface area contributed by atoms with Gasteiger partial charge in [-0.2, -0.15) is 0 Å². The lowest BCUT2D eigenvalue weighted by atomic mass is 10.0. The lowest BCUT2D eigenvalue weighted by Crippen LogP contribution is -2.33. The van der Waals surface area contributed by atoms with Gasteiger partial charge < -0.3 is 15.1 Å². The van der Waals surface area contributed by atoms with Crippen LogP contribution < -0.4 is 10.2 Å². The fraction of sp³-hybridized carbons (Fsp3) is 0.560. The molecule has 0 spiro atoms. The summed E-state index contributed by atoms with van der Waals surface area (Å²) in [5.74, 6) is 2.22. The van der Waals surface area contributed by atoms with Crippen molar-refractivity contribution in [2.75, 3.05) is 50.0 Å². The monoisotopic (exact) mass is 434 g/mol. The van der Waals surface area contributed by atoms with Crippen LogP contribution in [0.3, 0.4) is 0 Å². The second-order valence-corrected chi connectivity index (χ2v) is 9.34. The first-order valence-electron chi connectivity index (χ1n) is 12.0. The lowest BCUT2D eigenvalue weighted by Gasteiger charge is -2.31. The molecule has 0 radical (unpaired) electrons. The predicted molar refractivity (Wildman–Crippen MR) is 127 cm³/mol. The zero-order valence-electron chi connectivity index (χ0n) is 19.3. The summed E-state index contributed by atoms with van der Waals surface area (Å²) < 4.78 is 0. The molecule has 1 N–H and O–H groups in total. The fourth-order valence-electron chi connectivity index (χ4n) is 5.42. The average molecular weight is 435 g/mol. The fourth-order valence-corrected chi connectivity index (χ4v) is 5.42. The Morgan fingerprint density at radius 1 is 1.12 bits per heavy atom. The highest BCUT2D eigenvalue weighted by atomic mass is 16.2. The molecule has 3 aliphatic rings. The molecule has 1 atom stereocenters. The van der Waals surface area contributed by atoms with Gasteiger partial charge in [0, 0.05) is 83.4 Å². The van der Waals surface area contributed by atoms with Crippen LogP contribution in [0.15, 0.2) is 24.3 Å². The van der Waals surface area contributed by atoms with Crippen LogP contribution >= 0.6 is 0 Å². The molecule has 2 fully saturated rings. The second-order valence-electron chi connectivity index (χ2n) is 9.34. The lowest BCUT2D eigenvalue weighted by molar-refractivity contribution is -0.127. The van der Waals surface area contributed by atoms with Gasteiger partial charge in [0.2, 0.25) is 5.91 Å². The van der Waals surface area contributed by atoms with Crippen molar-refractivity contribution in [3.05, 3.63) is 46.9 Å². The van der Waals surface area contributed by atoms with Crippen LogP contribution in [0.25, 0.3) is 0 Å². The van der Waals surface area contributed by atoms with E-state index >= 15 is 0 Å². The van der Waals surface area contributed by atoms with Crippen molar-refractivity contribution in [2.24, 2.45) is 0 Å². The van der Waals surface area contributed by atoms with Crippen molar-refractivity contribution < 1.29 is 4.79 Å². The van der Waals surface area contributed by atoms with E-state index in [4.69, 9.17) is 9.97 Å². The van der Waals surface area contributed by atoms with Gasteiger partial charge in [-0.15, -0.1) is 0 Å². The standard InChI is InChI=1S/C25H34N6O/c1-18(32)31-14-9-20(16-31)24-27-22-10-13-29(17-21(22)25(26-2)28-24)15-19-7-3-4-8-23(19)30-11-5-6-12-30/h3-4,7-8,20H,5-6,9-17H2,1-2H3,(H,26,27,28)/t20-/m0/s1. The molecule has 0 bridgehead atoms. The molecule has 0 aliphatic carbocycles. The number of anilines is 2. The Kier molecular flexibility index (Phi) is 6.00. The van der Waals surface area contributed by atoms with Crippen LogP contribution in [0.5, 0.6) is 0 Å². The minimum Gasteiger partial charge on any atom is -0.373 e. The minimum absolute atomic E-state index is 0.143. The molecule has 2 aromatic rings. The Morgan fingerprint density at radius 3 is 2.69 bits per heavy atom. The number of nitrogens with zero attached hydrogens (tertiary/aromatic N) is 5. The summed E-state index contributed by atoms with van der Waals surface area (Å²) in [7, 11) is 1.95. The molecule has 2 saturated heterocycles. The molecule has 0 unspecified atom stereocenters. The van der Waals surface area contributed by atoms with E-state index in [1.54, 1.807) is 6.92 Å². The van der Waals surface area contributed by atoms with E-state index < -0.39 is 0 Å². The van der Waals surface area contributed by atoms with Crippen LogP contribution in [0.4, 0.5) is 11.5 Å². The van der Waals surface area contributed by atoms with Crippen LogP contribution in [-0.2, 0) is 24.3 Å². The number of rotatable bonds is 5. The van der Waals surface area contributed by atoms with E-state index in [1.165, 1.54) is 48.4 Å². The zero-order chi connectivity index (χ0) is 22.1. The number of carbonyl (C=O) groups is 1. The number of nitrogens with one attached hydrogen (secondary N) is 1. The Hall–Kier alpha value is -2.67. The highest BCUT2D eigenvalue weighted by molar-refractivity contribution is 5.73. The molecule has 0 saturated carbocycles. The SMILES string of the molecule is CNc1nc([C@H]2CCN(C(C)=O)C2)nc2c1CN(Cc1ccccc1N1CCCC1)CC2. The number of para-hydroxylation sites is 1. The van der Waals surface area contributed by atoms with Crippen molar-refractivity contribution in [2.45, 2.75) is 51.6 Å². The topological polar surface area (TPSA) is 64.6 Å². The van der Waals surface area contributed by atoms with Gasteiger partial charge >= 0.3 is 0 Å². The third-order valence-electron chi connectivity index (χ3n) is 7.22. The molecule has 170 valence electrons. The molecular formula is C25H34N6O. The number of hydrogen-bond donors (Lipinski definition) is 1. The molecule has 3 aliphatic heterocycles. The first-order valence-corrected chi connectivity index (χ1v) is 12.0. The molecule has 4 heterocycles. The number of benzene rings is 1. The van der Waals surface area contributed by atoms with Gasteiger partial charge in [0.1, 0.15) is 11.6 Å². The summed E-state index contributed by atoms with van der Waals surface area (Å²) >= 11 is 0. The summed E-state index contributed by atoms with van der Waals surface area (Å²) in [6, 6.07) is 8.88. The average Bonchev–Trinajstić information content (AvgIpc) is 3.51. The van der Waals surface area contributed by atoms with Crippen LogP contribution in [0, 0.1) is 0 Å². The quantitative estimate of drug-likeness (QED) is 0.781. The number of carbonyl (C=O) groups excluding carboxylic acids is 1. The van der Waals surface area contributed by atoms with Crippen LogP contribution in [0.2, 0.25) is 0 Å². The maximum absolute atomic E-state index is 11.7. The number of fused-ring (bicyclic) bond motifs is 1. The van der Waals surface area contributed by atoms with Crippen molar-refractivity contribution in [3.63, 3.8) is 0 Å². The third kappa shape index (κ3) is 4.18. The Bertz CT molecular complexity index is 969. The van der Waals surface area contributed by atoms with Gasteiger partial charge in [-0.1, -0.05) is 18.2 Å². The van der Waals surface area contributed by atoms with Gasteiger partial charge in [-0.05, 0) is 30.9 Å². The van der Waals surface area contributed by atoms with E-state index in [1.807, 2.05) is 11.9 Å². The number of hydrogen-bond acceptors (Lipinski definition) is 6. The Labute approximate surface area is 190 Å². The smallest absolute Gasteiger partial charge is 0.219 e. The molecule has 32 heavy (non-hydrogen) atoms. The molecule has 1 amide bonds. The van der Waals surface area contributed by atoms with Crippen LogP contribution in [-0.4, -0.2) is 65.4 Å². The third-order valence-corrected chi connectivity index (χ3v) is 7.22. The zero-order valence-corrected chi connectivity index (χ0v) is 19.3. The van der Waals surface area contributed by atoms with E-state index in [9.17, 15) is 4.79 Å². The summed E-state index contributed by atoms with van der Waals surface area (Å²) in [6.45, 7) is 8.34. The Balaban J connectivity index is 1.34. The highest BCUT2D eigenvalue weighted by Crippen LogP contribution is 2.32. The highest BCUT2D eigenvalue weighted by Gasteiger charge is 2.30. The molecule has 7 heteroatoms. The second kappa shape index (κ2) is 9.06. The first-order chi connectivity index (χ1) is 15.6. The molecule has 1 aromatic heterocycles. The normalized spacial score (nSPS) is 21.1. The summed E-state index contributed by atoms with van der Waals surface area (Å²) in [4.78, 5) is 28.6. The first kappa shape index (κ1) is 21.2. The van der Waals surface area contributed by atoms with E-state index in [-0.39, 0.29) is 11.8 Å². The number of aromatic nitrogens is 2. The van der Waals surface area contributed by atoms with Crippen molar-refractivity contribution in [3.8, 4) is 0 Å². The molecular weight excluding hydrogens is 400 g/mol. The summed E-state index contributed by atoms with van der Waals surface area (Å²) in [6.07, 6.45) is 4.47. The van der Waals surface area contributed by atoms with Crippen molar-refractivity contribution in [1.29, 1.82) is 0 Å². The molecule has 7 nitrogen and oxygen atoms in total. The largest absolute Gasteiger partial charge is 0.373 e. The van der Waals surface area contributed by atoms with Gasteiger partial charge in [0.05, 0.1) is 5.69 Å². The maximum atomic E-state index is 11.7. The van der Waals surface area contributed by atoms with E-state index in [2.05, 4.69) is 39.4 Å². The van der Waals surface area contributed by atoms with Crippen LogP contribution in [0.1, 0.15) is 54.7 Å². The number of likely N-dealkylation sites (tertiary alicyclic amines) is 1. The molecule has 1 aromatic carbocycles. The minimum atomic E-state index is 0.143. The maximum Gasteiger partial charge on any atom is 0.219 e. The van der Waals surface area contributed by atoms with Crippen molar-refractivity contribution in [1.82, 2.24) is 19.8 Å². The van der Waals surface area contributed by atoms with E-state index in [0.29, 0.717) is 0 Å². The predicted octanol–water partition coefficient (Wildman–Crippen LogP) is 3.01. The van der Waals surface area contributed by atoms with Gasteiger partial charge in [-0.3, -0.25) is 9.69 Å². The number of amides is 1. The van der Waals surface area contributed by atoms with Gasteiger partial charge in [0.15, 0.2) is 0 Å². The molecule has 5 rings (SSSR count). The van der Waals surface area contributed by atoms with Crippen molar-refractivity contribution >= 4 is 17.4 Å².